The van der Waals surface area contributed by atoms with Gasteiger partial charge < -0.3 is 4.74 Å². The Morgan fingerprint density at radius 1 is 1.69 bits per heavy atom. The van der Waals surface area contributed by atoms with Gasteiger partial charge in [0.05, 0.1) is 7.11 Å². The molecule has 0 aromatic carbocycles. The molecule has 0 aliphatic heterocycles. The average Bonchev–Trinajstić information content (AvgIpc) is 2.50. The van der Waals surface area contributed by atoms with Gasteiger partial charge in [-0.2, -0.15) is 5.10 Å². The maximum absolute atomic E-state index is 11.2. The normalized spacial score (nSPS) is 10.5. The smallest absolute Gasteiger partial charge is 0.356 e. The van der Waals surface area contributed by atoms with E-state index in [9.17, 15) is 4.79 Å². The summed E-state index contributed by atoms with van der Waals surface area (Å²) in [7, 11) is 1.37. The van der Waals surface area contributed by atoms with Gasteiger partial charge in [-0.15, -0.1) is 0 Å². The number of aromatic nitrogens is 2. The number of ether oxygens (including phenoxy) is 1. The lowest BCUT2D eigenvalue weighted by Gasteiger charge is -2.07. The summed E-state index contributed by atoms with van der Waals surface area (Å²) in [6.45, 7) is 4.88. The fourth-order valence-electron chi connectivity index (χ4n) is 1.10. The lowest BCUT2D eigenvalue weighted by molar-refractivity contribution is 0.0585. The molecule has 0 saturated carbocycles. The van der Waals surface area contributed by atoms with Crippen LogP contribution in [-0.2, 0) is 11.3 Å². The fraction of sp³-hybridized carbons (Fsp3) is 0.556. The van der Waals surface area contributed by atoms with Crippen LogP contribution < -0.4 is 0 Å². The van der Waals surface area contributed by atoms with Gasteiger partial charge in [0.15, 0.2) is 0 Å². The molecule has 13 heavy (non-hydrogen) atoms. The topological polar surface area (TPSA) is 44.1 Å². The molecular formula is C9H14N2O2. The van der Waals surface area contributed by atoms with E-state index in [0.29, 0.717) is 11.6 Å². The number of hydrogen-bond donors (Lipinski definition) is 0. The van der Waals surface area contributed by atoms with Crippen molar-refractivity contribution >= 4 is 5.97 Å². The minimum absolute atomic E-state index is 0.335. The second kappa shape index (κ2) is 4.07. The van der Waals surface area contributed by atoms with Crippen molar-refractivity contribution in [2.75, 3.05) is 7.11 Å². The number of rotatable bonds is 3. The molecule has 0 fully saturated rings. The third-order valence-corrected chi connectivity index (χ3v) is 1.65. The Bertz CT molecular complexity index is 292. The molecule has 0 aliphatic rings. The van der Waals surface area contributed by atoms with E-state index in [1.165, 1.54) is 7.11 Å². The van der Waals surface area contributed by atoms with Crippen molar-refractivity contribution in [1.82, 2.24) is 9.78 Å². The molecule has 4 heteroatoms. The van der Waals surface area contributed by atoms with Crippen LogP contribution in [0.15, 0.2) is 12.3 Å². The van der Waals surface area contributed by atoms with Crippen LogP contribution in [0.25, 0.3) is 0 Å². The van der Waals surface area contributed by atoms with Gasteiger partial charge in [-0.25, -0.2) is 4.79 Å². The van der Waals surface area contributed by atoms with Crippen molar-refractivity contribution in [2.24, 2.45) is 5.92 Å². The highest BCUT2D eigenvalue weighted by Crippen LogP contribution is 2.04. The molecule has 1 aromatic heterocycles. The Kier molecular flexibility index (Phi) is 3.06. The Morgan fingerprint density at radius 3 is 2.92 bits per heavy atom. The lowest BCUT2D eigenvalue weighted by atomic mass is 10.2. The molecule has 0 bridgehead atoms. The second-order valence-corrected chi connectivity index (χ2v) is 3.28. The van der Waals surface area contributed by atoms with Crippen LogP contribution >= 0.6 is 0 Å². The Hall–Kier alpha value is -1.32. The summed E-state index contributed by atoms with van der Waals surface area (Å²) in [6, 6.07) is 1.66. The highest BCUT2D eigenvalue weighted by atomic mass is 16.5. The summed E-state index contributed by atoms with van der Waals surface area (Å²) in [5.74, 6) is 0.126. The van der Waals surface area contributed by atoms with Gasteiger partial charge in [-0.1, -0.05) is 13.8 Å². The van der Waals surface area contributed by atoms with Crippen LogP contribution in [0.5, 0.6) is 0 Å². The first-order chi connectivity index (χ1) is 6.15. The predicted molar refractivity (Wildman–Crippen MR) is 48.4 cm³/mol. The van der Waals surface area contributed by atoms with Crippen molar-refractivity contribution in [1.29, 1.82) is 0 Å². The second-order valence-electron chi connectivity index (χ2n) is 3.28. The minimum atomic E-state index is -0.335. The fourth-order valence-corrected chi connectivity index (χ4v) is 1.10. The number of esters is 1. The first kappa shape index (κ1) is 9.77. The molecule has 1 rings (SSSR count). The van der Waals surface area contributed by atoms with Crippen molar-refractivity contribution in [2.45, 2.75) is 20.4 Å². The molecular weight excluding hydrogens is 168 g/mol. The third kappa shape index (κ3) is 2.31. The quantitative estimate of drug-likeness (QED) is 0.662. The van der Waals surface area contributed by atoms with Crippen molar-refractivity contribution in [3.63, 3.8) is 0 Å². The predicted octanol–water partition coefficient (Wildman–Crippen LogP) is 1.33. The summed E-state index contributed by atoms with van der Waals surface area (Å²) in [5.41, 5.74) is 0.510. The number of carbonyl (C=O) groups excluding carboxylic acids is 1. The van der Waals surface area contributed by atoms with Gasteiger partial charge >= 0.3 is 5.97 Å². The van der Waals surface area contributed by atoms with Crippen LogP contribution in [0, 0.1) is 5.92 Å². The van der Waals surface area contributed by atoms with Crippen LogP contribution in [0.4, 0.5) is 0 Å². The van der Waals surface area contributed by atoms with Crippen LogP contribution in [0.3, 0.4) is 0 Å². The zero-order valence-corrected chi connectivity index (χ0v) is 8.15. The molecule has 1 heterocycles. The van der Waals surface area contributed by atoms with E-state index in [0.717, 1.165) is 6.54 Å². The molecule has 0 amide bonds. The molecule has 0 spiro atoms. The standard InChI is InChI=1S/C9H14N2O2/c1-7(2)6-11-8(4-5-10-11)9(12)13-3/h4-5,7H,6H2,1-3H3. The summed E-state index contributed by atoms with van der Waals surface area (Å²) >= 11 is 0. The van der Waals surface area contributed by atoms with Gasteiger partial charge in [-0.3, -0.25) is 4.68 Å². The van der Waals surface area contributed by atoms with Gasteiger partial charge in [0.2, 0.25) is 0 Å². The number of methoxy groups -OCH3 is 1. The first-order valence-corrected chi connectivity index (χ1v) is 4.25. The van der Waals surface area contributed by atoms with E-state index >= 15 is 0 Å². The Labute approximate surface area is 77.5 Å². The van der Waals surface area contributed by atoms with Crippen molar-refractivity contribution in [3.05, 3.63) is 18.0 Å². The largest absolute Gasteiger partial charge is 0.464 e. The molecule has 0 atom stereocenters. The summed E-state index contributed by atoms with van der Waals surface area (Å²) in [5, 5.41) is 4.04. The summed E-state index contributed by atoms with van der Waals surface area (Å²) in [6.07, 6.45) is 1.61. The maximum atomic E-state index is 11.2. The van der Waals surface area contributed by atoms with E-state index in [1.54, 1.807) is 16.9 Å². The van der Waals surface area contributed by atoms with Crippen LogP contribution in [-0.4, -0.2) is 22.9 Å². The summed E-state index contributed by atoms with van der Waals surface area (Å²) in [4.78, 5) is 11.2. The van der Waals surface area contributed by atoms with Gasteiger partial charge in [-0.05, 0) is 12.0 Å². The molecule has 0 unspecified atom stereocenters. The Morgan fingerprint density at radius 2 is 2.38 bits per heavy atom. The number of hydrogen-bond acceptors (Lipinski definition) is 3. The molecule has 0 saturated heterocycles. The van der Waals surface area contributed by atoms with Gasteiger partial charge in [0.1, 0.15) is 5.69 Å². The molecule has 0 N–H and O–H groups in total. The van der Waals surface area contributed by atoms with E-state index in [4.69, 9.17) is 0 Å². The van der Waals surface area contributed by atoms with Crippen LogP contribution in [0.1, 0.15) is 24.3 Å². The first-order valence-electron chi connectivity index (χ1n) is 4.25. The maximum Gasteiger partial charge on any atom is 0.356 e. The molecule has 0 aliphatic carbocycles. The van der Waals surface area contributed by atoms with E-state index in [-0.39, 0.29) is 5.97 Å². The van der Waals surface area contributed by atoms with Crippen molar-refractivity contribution < 1.29 is 9.53 Å². The Balaban J connectivity index is 2.83. The molecule has 4 nitrogen and oxygen atoms in total. The minimum Gasteiger partial charge on any atom is -0.464 e. The highest BCUT2D eigenvalue weighted by molar-refractivity contribution is 5.87. The zero-order chi connectivity index (χ0) is 9.84. The summed E-state index contributed by atoms with van der Waals surface area (Å²) < 4.78 is 6.28. The van der Waals surface area contributed by atoms with Crippen LogP contribution in [0.2, 0.25) is 0 Å². The highest BCUT2D eigenvalue weighted by Gasteiger charge is 2.12. The van der Waals surface area contributed by atoms with E-state index < -0.39 is 0 Å². The zero-order valence-electron chi connectivity index (χ0n) is 8.15. The van der Waals surface area contributed by atoms with Crippen molar-refractivity contribution in [3.8, 4) is 0 Å². The third-order valence-electron chi connectivity index (χ3n) is 1.65. The molecule has 72 valence electrons. The number of nitrogens with zero attached hydrogens (tertiary/aromatic N) is 2. The van der Waals surface area contributed by atoms with Gasteiger partial charge in [0, 0.05) is 12.7 Å². The average molecular weight is 182 g/mol. The lowest BCUT2D eigenvalue weighted by Crippen LogP contribution is -2.14. The van der Waals surface area contributed by atoms with E-state index in [1.807, 2.05) is 0 Å². The monoisotopic (exact) mass is 182 g/mol. The molecule has 0 radical (unpaired) electrons. The molecule has 1 aromatic rings. The number of carbonyl (C=O) groups is 1. The SMILES string of the molecule is COC(=O)c1ccnn1CC(C)C. The van der Waals surface area contributed by atoms with Gasteiger partial charge in [0.25, 0.3) is 0 Å². The van der Waals surface area contributed by atoms with E-state index in [2.05, 4.69) is 23.7 Å².